The van der Waals surface area contributed by atoms with Gasteiger partial charge in [0.15, 0.2) is 0 Å². The topological polar surface area (TPSA) is 3.24 Å². The molecular formula is C18H20ClN. The van der Waals surface area contributed by atoms with Crippen LogP contribution in [0, 0.1) is 0 Å². The lowest BCUT2D eigenvalue weighted by Gasteiger charge is -2.29. The van der Waals surface area contributed by atoms with E-state index in [1.165, 1.54) is 36.1 Å². The molecule has 0 atom stereocenters. The predicted octanol–water partition coefficient (Wildman–Crippen LogP) is 4.33. The van der Waals surface area contributed by atoms with Crippen molar-refractivity contribution < 1.29 is 0 Å². The highest BCUT2D eigenvalue weighted by atomic mass is 35.5. The van der Waals surface area contributed by atoms with Crippen molar-refractivity contribution in [1.82, 2.24) is 4.90 Å². The van der Waals surface area contributed by atoms with Gasteiger partial charge in [-0.25, -0.2) is 0 Å². The van der Waals surface area contributed by atoms with Crippen LogP contribution in [0.15, 0.2) is 48.5 Å². The quantitative estimate of drug-likeness (QED) is 0.808. The van der Waals surface area contributed by atoms with Crippen molar-refractivity contribution in [1.29, 1.82) is 0 Å². The van der Waals surface area contributed by atoms with Crippen LogP contribution in [0.5, 0.6) is 0 Å². The molecule has 0 saturated carbocycles. The molecule has 2 aromatic rings. The average Bonchev–Trinajstić information content (AvgIpc) is 2.48. The maximum atomic E-state index is 6.26. The summed E-state index contributed by atoms with van der Waals surface area (Å²) in [5.41, 5.74) is 4.20. The van der Waals surface area contributed by atoms with Crippen molar-refractivity contribution in [3.8, 4) is 0 Å². The van der Waals surface area contributed by atoms with Gasteiger partial charge in [-0.15, -0.1) is 0 Å². The first-order valence-electron chi connectivity index (χ1n) is 7.35. The molecule has 0 fully saturated rings. The van der Waals surface area contributed by atoms with Crippen LogP contribution in [0.4, 0.5) is 0 Å². The van der Waals surface area contributed by atoms with E-state index in [1.54, 1.807) is 0 Å². The molecule has 1 aliphatic heterocycles. The Morgan fingerprint density at radius 2 is 1.85 bits per heavy atom. The van der Waals surface area contributed by atoms with Gasteiger partial charge in [-0.3, -0.25) is 4.90 Å². The van der Waals surface area contributed by atoms with Crippen LogP contribution in [0.1, 0.15) is 23.1 Å². The molecule has 0 aliphatic carbocycles. The van der Waals surface area contributed by atoms with Gasteiger partial charge in [-0.05, 0) is 48.6 Å². The lowest BCUT2D eigenvalue weighted by molar-refractivity contribution is 0.251. The van der Waals surface area contributed by atoms with Crippen molar-refractivity contribution in [2.75, 3.05) is 13.1 Å². The van der Waals surface area contributed by atoms with E-state index in [-0.39, 0.29) is 0 Å². The molecule has 20 heavy (non-hydrogen) atoms. The first kappa shape index (κ1) is 13.7. The van der Waals surface area contributed by atoms with E-state index in [4.69, 9.17) is 11.6 Å². The fourth-order valence-corrected chi connectivity index (χ4v) is 3.25. The van der Waals surface area contributed by atoms with E-state index in [1.807, 2.05) is 6.07 Å². The largest absolute Gasteiger partial charge is 0.299 e. The Labute approximate surface area is 126 Å². The Kier molecular flexibility index (Phi) is 4.39. The minimum Gasteiger partial charge on any atom is -0.299 e. The molecular weight excluding hydrogens is 266 g/mol. The summed E-state index contributed by atoms with van der Waals surface area (Å²) in [4.78, 5) is 2.54. The highest BCUT2D eigenvalue weighted by Gasteiger charge is 2.17. The van der Waals surface area contributed by atoms with Crippen LogP contribution < -0.4 is 0 Å². The van der Waals surface area contributed by atoms with Crippen molar-refractivity contribution >= 4 is 11.6 Å². The molecule has 2 heteroatoms. The van der Waals surface area contributed by atoms with Gasteiger partial charge in [0.05, 0.1) is 0 Å². The van der Waals surface area contributed by atoms with Gasteiger partial charge in [0.2, 0.25) is 0 Å². The smallest absolute Gasteiger partial charge is 0.0441 e. The summed E-state index contributed by atoms with van der Waals surface area (Å²) in [7, 11) is 0. The van der Waals surface area contributed by atoms with Gasteiger partial charge in [0.25, 0.3) is 0 Å². The van der Waals surface area contributed by atoms with Gasteiger partial charge >= 0.3 is 0 Å². The third-order valence-electron chi connectivity index (χ3n) is 4.07. The Balaban J connectivity index is 1.53. The van der Waals surface area contributed by atoms with Gasteiger partial charge in [-0.1, -0.05) is 54.1 Å². The lowest BCUT2D eigenvalue weighted by Crippen LogP contribution is -2.31. The SMILES string of the molecule is Clc1cccc2c1CCN(CCCc1ccccc1)C2. The van der Waals surface area contributed by atoms with E-state index in [9.17, 15) is 0 Å². The zero-order chi connectivity index (χ0) is 13.8. The van der Waals surface area contributed by atoms with E-state index in [0.29, 0.717) is 0 Å². The summed E-state index contributed by atoms with van der Waals surface area (Å²) >= 11 is 6.26. The highest BCUT2D eigenvalue weighted by Crippen LogP contribution is 2.25. The van der Waals surface area contributed by atoms with E-state index in [0.717, 1.165) is 24.5 Å². The highest BCUT2D eigenvalue weighted by molar-refractivity contribution is 6.31. The second-order valence-electron chi connectivity index (χ2n) is 5.49. The summed E-state index contributed by atoms with van der Waals surface area (Å²) in [6.07, 6.45) is 3.47. The van der Waals surface area contributed by atoms with E-state index in [2.05, 4.69) is 47.4 Å². The van der Waals surface area contributed by atoms with Crippen molar-refractivity contribution in [2.45, 2.75) is 25.8 Å². The summed E-state index contributed by atoms with van der Waals surface area (Å²) in [6, 6.07) is 17.0. The number of hydrogen-bond donors (Lipinski definition) is 0. The van der Waals surface area contributed by atoms with Crippen LogP contribution >= 0.6 is 11.6 Å². The molecule has 1 nitrogen and oxygen atoms in total. The van der Waals surface area contributed by atoms with Crippen LogP contribution in [-0.4, -0.2) is 18.0 Å². The lowest BCUT2D eigenvalue weighted by atomic mass is 9.99. The molecule has 0 spiro atoms. The number of nitrogens with zero attached hydrogens (tertiary/aromatic N) is 1. The molecule has 0 N–H and O–H groups in total. The Morgan fingerprint density at radius 3 is 2.70 bits per heavy atom. The monoisotopic (exact) mass is 285 g/mol. The molecule has 0 bridgehead atoms. The third kappa shape index (κ3) is 3.23. The molecule has 1 heterocycles. The van der Waals surface area contributed by atoms with Gasteiger partial charge in [0, 0.05) is 18.1 Å². The summed E-state index contributed by atoms with van der Waals surface area (Å²) in [6.45, 7) is 3.34. The van der Waals surface area contributed by atoms with E-state index >= 15 is 0 Å². The van der Waals surface area contributed by atoms with Crippen molar-refractivity contribution in [3.05, 3.63) is 70.2 Å². The zero-order valence-electron chi connectivity index (χ0n) is 11.7. The molecule has 2 aromatic carbocycles. The predicted molar refractivity (Wildman–Crippen MR) is 85.2 cm³/mol. The minimum atomic E-state index is 0.937. The molecule has 0 amide bonds. The van der Waals surface area contributed by atoms with Gasteiger partial charge < -0.3 is 0 Å². The Hall–Kier alpha value is -1.31. The summed E-state index contributed by atoms with van der Waals surface area (Å²) in [5.74, 6) is 0. The van der Waals surface area contributed by atoms with Crippen LogP contribution in [0.2, 0.25) is 5.02 Å². The molecule has 3 rings (SSSR count). The maximum absolute atomic E-state index is 6.26. The standard InChI is InChI=1S/C18H20ClN/c19-18-10-4-9-16-14-20(13-11-17(16)18)12-5-8-15-6-2-1-3-7-15/h1-4,6-7,9-10H,5,8,11-14H2. The van der Waals surface area contributed by atoms with Crippen LogP contribution in [0.25, 0.3) is 0 Å². The van der Waals surface area contributed by atoms with Crippen molar-refractivity contribution in [3.63, 3.8) is 0 Å². The van der Waals surface area contributed by atoms with Crippen molar-refractivity contribution in [2.24, 2.45) is 0 Å². The normalized spacial score (nSPS) is 15.1. The number of benzene rings is 2. The molecule has 0 unspecified atom stereocenters. The number of hydrogen-bond acceptors (Lipinski definition) is 1. The molecule has 1 aliphatic rings. The average molecular weight is 286 g/mol. The zero-order valence-corrected chi connectivity index (χ0v) is 12.4. The number of fused-ring (bicyclic) bond motifs is 1. The third-order valence-corrected chi connectivity index (χ3v) is 4.42. The number of rotatable bonds is 4. The maximum Gasteiger partial charge on any atom is 0.0441 e. The first-order valence-corrected chi connectivity index (χ1v) is 7.73. The van der Waals surface area contributed by atoms with Gasteiger partial charge in [0.1, 0.15) is 0 Å². The fourth-order valence-electron chi connectivity index (χ4n) is 2.96. The fraction of sp³-hybridized carbons (Fsp3) is 0.333. The molecule has 0 saturated heterocycles. The van der Waals surface area contributed by atoms with Gasteiger partial charge in [-0.2, -0.15) is 0 Å². The minimum absolute atomic E-state index is 0.937. The number of aryl methyl sites for hydroxylation is 1. The molecule has 104 valence electrons. The second kappa shape index (κ2) is 6.43. The molecule has 0 radical (unpaired) electrons. The summed E-state index contributed by atoms with van der Waals surface area (Å²) < 4.78 is 0. The number of halogens is 1. The second-order valence-corrected chi connectivity index (χ2v) is 5.90. The van der Waals surface area contributed by atoms with Crippen LogP contribution in [0.3, 0.4) is 0 Å². The molecule has 0 aromatic heterocycles. The summed E-state index contributed by atoms with van der Waals surface area (Å²) in [5, 5.41) is 0.937. The first-order chi connectivity index (χ1) is 9.83. The Morgan fingerprint density at radius 1 is 1.00 bits per heavy atom. The Bertz CT molecular complexity index is 565. The van der Waals surface area contributed by atoms with E-state index < -0.39 is 0 Å². The van der Waals surface area contributed by atoms with Crippen LogP contribution in [-0.2, 0) is 19.4 Å².